The molecule has 1 unspecified atom stereocenters. The van der Waals surface area contributed by atoms with E-state index in [4.69, 9.17) is 0 Å². The first-order valence-corrected chi connectivity index (χ1v) is 6.63. The summed E-state index contributed by atoms with van der Waals surface area (Å²) in [4.78, 5) is 5.22. The van der Waals surface area contributed by atoms with E-state index in [9.17, 15) is 9.50 Å². The van der Waals surface area contributed by atoms with Crippen LogP contribution < -0.4 is 0 Å². The van der Waals surface area contributed by atoms with Crippen molar-refractivity contribution in [3.8, 4) is 0 Å². The zero-order chi connectivity index (χ0) is 13.3. The molecule has 1 atom stereocenters. The maximum absolute atomic E-state index is 12.9. The topological polar surface area (TPSA) is 33.1 Å². The van der Waals surface area contributed by atoms with E-state index in [0.717, 1.165) is 15.4 Å². The third-order valence-electron chi connectivity index (χ3n) is 3.04. The standard InChI is InChI=1S/C14H16FNOS/c1-9(17)12-8-16-13(18-12)14(2,3)10-4-6-11(15)7-5-10/h4-9,17H,1-3H3. The van der Waals surface area contributed by atoms with Gasteiger partial charge < -0.3 is 5.11 Å². The molecule has 18 heavy (non-hydrogen) atoms. The molecule has 0 aliphatic carbocycles. The highest BCUT2D eigenvalue weighted by atomic mass is 32.1. The van der Waals surface area contributed by atoms with Gasteiger partial charge >= 0.3 is 0 Å². The molecule has 0 saturated carbocycles. The largest absolute Gasteiger partial charge is 0.388 e. The van der Waals surface area contributed by atoms with Crippen LogP contribution in [-0.4, -0.2) is 10.1 Å². The molecule has 2 aromatic rings. The molecule has 0 radical (unpaired) electrons. The summed E-state index contributed by atoms with van der Waals surface area (Å²) in [5.41, 5.74) is 0.723. The Morgan fingerprint density at radius 1 is 1.28 bits per heavy atom. The number of rotatable bonds is 3. The average Bonchev–Trinajstić information content (AvgIpc) is 2.79. The molecule has 1 heterocycles. The molecule has 0 aliphatic heterocycles. The van der Waals surface area contributed by atoms with Gasteiger partial charge in [-0.3, -0.25) is 0 Å². The van der Waals surface area contributed by atoms with Gasteiger partial charge in [0.05, 0.1) is 11.0 Å². The number of aromatic nitrogens is 1. The van der Waals surface area contributed by atoms with Crippen molar-refractivity contribution in [1.29, 1.82) is 0 Å². The second-order valence-corrected chi connectivity index (χ2v) is 5.94. The summed E-state index contributed by atoms with van der Waals surface area (Å²) in [6.45, 7) is 5.82. The predicted molar refractivity (Wildman–Crippen MR) is 71.3 cm³/mol. The Labute approximate surface area is 110 Å². The Kier molecular flexibility index (Phi) is 3.50. The van der Waals surface area contributed by atoms with Gasteiger partial charge in [0, 0.05) is 11.6 Å². The van der Waals surface area contributed by atoms with Gasteiger partial charge in [-0.2, -0.15) is 0 Å². The number of halogens is 1. The molecular weight excluding hydrogens is 249 g/mol. The second kappa shape index (κ2) is 4.78. The van der Waals surface area contributed by atoms with E-state index in [-0.39, 0.29) is 11.2 Å². The summed E-state index contributed by atoms with van der Waals surface area (Å²) in [6, 6.07) is 6.47. The van der Waals surface area contributed by atoms with Crippen LogP contribution >= 0.6 is 11.3 Å². The van der Waals surface area contributed by atoms with Crippen molar-refractivity contribution in [3.63, 3.8) is 0 Å². The van der Waals surface area contributed by atoms with Gasteiger partial charge in [0.15, 0.2) is 0 Å². The molecule has 0 amide bonds. The summed E-state index contributed by atoms with van der Waals surface area (Å²) in [5.74, 6) is -0.238. The van der Waals surface area contributed by atoms with Crippen LogP contribution in [0.3, 0.4) is 0 Å². The van der Waals surface area contributed by atoms with Gasteiger partial charge in [-0.05, 0) is 38.5 Å². The Balaban J connectivity index is 2.37. The van der Waals surface area contributed by atoms with Gasteiger partial charge in [-0.1, -0.05) is 12.1 Å². The molecule has 1 aromatic carbocycles. The van der Waals surface area contributed by atoms with Crippen LogP contribution in [0.15, 0.2) is 30.5 Å². The lowest BCUT2D eigenvalue weighted by molar-refractivity contribution is 0.203. The lowest BCUT2D eigenvalue weighted by atomic mass is 9.85. The fourth-order valence-electron chi connectivity index (χ4n) is 1.76. The Hall–Kier alpha value is -1.26. The SMILES string of the molecule is CC(O)c1cnc(C(C)(C)c2ccc(F)cc2)s1. The maximum Gasteiger partial charge on any atom is 0.123 e. The minimum Gasteiger partial charge on any atom is -0.388 e. The van der Waals surface area contributed by atoms with Gasteiger partial charge in [0.2, 0.25) is 0 Å². The Bertz CT molecular complexity index is 531. The van der Waals surface area contributed by atoms with E-state index in [1.54, 1.807) is 25.3 Å². The van der Waals surface area contributed by atoms with Crippen LogP contribution in [0.4, 0.5) is 4.39 Å². The van der Waals surface area contributed by atoms with Crippen LogP contribution in [0.1, 0.15) is 42.3 Å². The second-order valence-electron chi connectivity index (χ2n) is 4.88. The summed E-state index contributed by atoms with van der Waals surface area (Å²) in [6.07, 6.45) is 1.20. The van der Waals surface area contributed by atoms with E-state index >= 15 is 0 Å². The Morgan fingerprint density at radius 3 is 2.39 bits per heavy atom. The van der Waals surface area contributed by atoms with Crippen molar-refractivity contribution < 1.29 is 9.50 Å². The fourth-order valence-corrected chi connectivity index (χ4v) is 2.74. The van der Waals surface area contributed by atoms with Gasteiger partial charge in [-0.15, -0.1) is 11.3 Å². The van der Waals surface area contributed by atoms with Crippen molar-refractivity contribution in [2.75, 3.05) is 0 Å². The molecule has 2 nitrogen and oxygen atoms in total. The lowest BCUT2D eigenvalue weighted by Gasteiger charge is -2.22. The quantitative estimate of drug-likeness (QED) is 0.918. The third-order valence-corrected chi connectivity index (χ3v) is 4.53. The van der Waals surface area contributed by atoms with Crippen LogP contribution in [0, 0.1) is 5.82 Å². The first kappa shape index (κ1) is 13.2. The van der Waals surface area contributed by atoms with Crippen molar-refractivity contribution in [1.82, 2.24) is 4.98 Å². The van der Waals surface area contributed by atoms with Crippen LogP contribution in [0.25, 0.3) is 0 Å². The normalized spacial score (nSPS) is 13.6. The van der Waals surface area contributed by atoms with E-state index in [1.807, 2.05) is 13.8 Å². The molecule has 0 aliphatic rings. The lowest BCUT2D eigenvalue weighted by Crippen LogP contribution is -2.18. The van der Waals surface area contributed by atoms with E-state index in [1.165, 1.54) is 23.5 Å². The van der Waals surface area contributed by atoms with Crippen molar-refractivity contribution in [2.24, 2.45) is 0 Å². The number of hydrogen-bond donors (Lipinski definition) is 1. The highest BCUT2D eigenvalue weighted by Gasteiger charge is 2.27. The van der Waals surface area contributed by atoms with Crippen LogP contribution in [0.2, 0.25) is 0 Å². The number of thiazole rings is 1. The molecule has 0 saturated heterocycles. The van der Waals surface area contributed by atoms with Crippen LogP contribution in [-0.2, 0) is 5.41 Å². The molecule has 0 fully saturated rings. The molecule has 0 bridgehead atoms. The predicted octanol–water partition coefficient (Wildman–Crippen LogP) is 3.66. The van der Waals surface area contributed by atoms with Gasteiger partial charge in [0.1, 0.15) is 10.8 Å². The molecule has 0 spiro atoms. The summed E-state index contributed by atoms with van der Waals surface area (Å²) in [7, 11) is 0. The van der Waals surface area contributed by atoms with Crippen molar-refractivity contribution in [2.45, 2.75) is 32.3 Å². The Morgan fingerprint density at radius 2 is 1.89 bits per heavy atom. The maximum atomic E-state index is 12.9. The third kappa shape index (κ3) is 2.44. The number of nitrogens with zero attached hydrogens (tertiary/aromatic N) is 1. The zero-order valence-electron chi connectivity index (χ0n) is 10.6. The summed E-state index contributed by atoms with van der Waals surface area (Å²) < 4.78 is 12.9. The minimum absolute atomic E-state index is 0.238. The fraction of sp³-hybridized carbons (Fsp3) is 0.357. The molecule has 4 heteroatoms. The van der Waals surface area contributed by atoms with Gasteiger partial charge in [0.25, 0.3) is 0 Å². The zero-order valence-corrected chi connectivity index (χ0v) is 11.5. The monoisotopic (exact) mass is 265 g/mol. The number of hydrogen-bond acceptors (Lipinski definition) is 3. The van der Waals surface area contributed by atoms with Crippen LogP contribution in [0.5, 0.6) is 0 Å². The van der Waals surface area contributed by atoms with Crippen molar-refractivity contribution in [3.05, 3.63) is 51.7 Å². The first-order valence-electron chi connectivity index (χ1n) is 5.81. The summed E-state index contributed by atoms with van der Waals surface area (Å²) >= 11 is 1.49. The number of aliphatic hydroxyl groups is 1. The van der Waals surface area contributed by atoms with Crippen molar-refractivity contribution >= 4 is 11.3 Å². The highest BCUT2D eigenvalue weighted by Crippen LogP contribution is 2.35. The summed E-state index contributed by atoms with van der Waals surface area (Å²) in [5, 5.41) is 10.5. The van der Waals surface area contributed by atoms with E-state index in [0.29, 0.717) is 0 Å². The first-order chi connectivity index (χ1) is 8.41. The number of benzene rings is 1. The number of aliphatic hydroxyl groups excluding tert-OH is 1. The van der Waals surface area contributed by atoms with E-state index in [2.05, 4.69) is 4.98 Å². The molecule has 96 valence electrons. The molecular formula is C14H16FNOS. The van der Waals surface area contributed by atoms with E-state index < -0.39 is 6.10 Å². The molecule has 1 N–H and O–H groups in total. The minimum atomic E-state index is -0.500. The highest BCUT2D eigenvalue weighted by molar-refractivity contribution is 7.11. The smallest absolute Gasteiger partial charge is 0.123 e. The van der Waals surface area contributed by atoms with Gasteiger partial charge in [-0.25, -0.2) is 9.37 Å². The molecule has 2 rings (SSSR count). The average molecular weight is 265 g/mol. The molecule has 1 aromatic heterocycles.